The minimum atomic E-state index is -0.176. The lowest BCUT2D eigenvalue weighted by atomic mass is 9.95. The van der Waals surface area contributed by atoms with E-state index in [0.29, 0.717) is 17.0 Å². The van der Waals surface area contributed by atoms with Gasteiger partial charge in [0, 0.05) is 17.3 Å². The van der Waals surface area contributed by atoms with E-state index in [1.165, 1.54) is 19.3 Å². The number of para-hydroxylation sites is 2. The molecule has 1 aliphatic carbocycles. The Labute approximate surface area is 165 Å². The Morgan fingerprint density at radius 1 is 1.00 bits per heavy atom. The van der Waals surface area contributed by atoms with E-state index in [9.17, 15) is 9.59 Å². The monoisotopic (exact) mass is 381 g/mol. The van der Waals surface area contributed by atoms with Gasteiger partial charge in [-0.3, -0.25) is 9.59 Å². The largest absolute Gasteiger partial charge is 0.495 e. The number of hydrogen-bond donors (Lipinski definition) is 3. The van der Waals surface area contributed by atoms with Gasteiger partial charge in [-0.1, -0.05) is 31.4 Å². The summed E-state index contributed by atoms with van der Waals surface area (Å²) in [5.41, 5.74) is 2.02. The highest BCUT2D eigenvalue weighted by Gasteiger charge is 2.16. The van der Waals surface area contributed by atoms with Crippen LogP contribution in [0.5, 0.6) is 5.75 Å². The second-order valence-corrected chi connectivity index (χ2v) is 6.99. The molecule has 3 rings (SSSR count). The van der Waals surface area contributed by atoms with Crippen molar-refractivity contribution in [2.45, 2.75) is 38.1 Å². The van der Waals surface area contributed by atoms with Crippen molar-refractivity contribution in [2.24, 2.45) is 0 Å². The molecule has 2 aromatic carbocycles. The number of ether oxygens (including phenoxy) is 1. The zero-order chi connectivity index (χ0) is 19.8. The number of carbonyl (C=O) groups is 2. The standard InChI is InChI=1S/C22H27N3O3/c1-28-20-10-6-5-9-19(20)23-15-21(26)24-18-13-11-16(12-14-18)22(27)25-17-7-3-2-4-8-17/h5-6,9-14,17,23H,2-4,7-8,15H2,1H3,(H,24,26)(H,25,27). The van der Waals surface area contributed by atoms with E-state index in [4.69, 9.17) is 4.74 Å². The highest BCUT2D eigenvalue weighted by Crippen LogP contribution is 2.22. The van der Waals surface area contributed by atoms with Gasteiger partial charge < -0.3 is 20.7 Å². The molecule has 0 saturated heterocycles. The number of methoxy groups -OCH3 is 1. The first-order valence-corrected chi connectivity index (χ1v) is 9.73. The molecule has 6 nitrogen and oxygen atoms in total. The van der Waals surface area contributed by atoms with Crippen LogP contribution in [0, 0.1) is 0 Å². The van der Waals surface area contributed by atoms with Crippen molar-refractivity contribution in [3.63, 3.8) is 0 Å². The van der Waals surface area contributed by atoms with Crippen LogP contribution in [0.4, 0.5) is 11.4 Å². The number of nitrogens with one attached hydrogen (secondary N) is 3. The molecule has 0 aromatic heterocycles. The zero-order valence-electron chi connectivity index (χ0n) is 16.2. The Bertz CT molecular complexity index is 799. The molecule has 2 aromatic rings. The van der Waals surface area contributed by atoms with Gasteiger partial charge in [-0.05, 0) is 49.2 Å². The summed E-state index contributed by atoms with van der Waals surface area (Å²) in [4.78, 5) is 24.5. The van der Waals surface area contributed by atoms with Crippen molar-refractivity contribution in [1.29, 1.82) is 0 Å². The van der Waals surface area contributed by atoms with Gasteiger partial charge in [-0.25, -0.2) is 0 Å². The minimum absolute atomic E-state index is 0.0531. The lowest BCUT2D eigenvalue weighted by Crippen LogP contribution is -2.36. The van der Waals surface area contributed by atoms with E-state index in [1.807, 2.05) is 24.3 Å². The lowest BCUT2D eigenvalue weighted by Gasteiger charge is -2.22. The molecule has 1 saturated carbocycles. The molecule has 0 radical (unpaired) electrons. The number of carbonyl (C=O) groups excluding carboxylic acids is 2. The van der Waals surface area contributed by atoms with Crippen molar-refractivity contribution in [2.75, 3.05) is 24.3 Å². The first kappa shape index (κ1) is 19.7. The Hall–Kier alpha value is -3.02. The van der Waals surface area contributed by atoms with Gasteiger partial charge >= 0.3 is 0 Å². The van der Waals surface area contributed by atoms with E-state index in [0.717, 1.165) is 18.5 Å². The minimum Gasteiger partial charge on any atom is -0.495 e. The summed E-state index contributed by atoms with van der Waals surface area (Å²) >= 11 is 0. The van der Waals surface area contributed by atoms with Crippen LogP contribution in [0.25, 0.3) is 0 Å². The zero-order valence-corrected chi connectivity index (χ0v) is 16.2. The molecule has 2 amide bonds. The maximum atomic E-state index is 12.3. The van der Waals surface area contributed by atoms with Crippen LogP contribution in [0.15, 0.2) is 48.5 Å². The van der Waals surface area contributed by atoms with E-state index < -0.39 is 0 Å². The number of amides is 2. The van der Waals surface area contributed by atoms with Gasteiger partial charge in [-0.2, -0.15) is 0 Å². The highest BCUT2D eigenvalue weighted by atomic mass is 16.5. The molecule has 0 bridgehead atoms. The van der Waals surface area contributed by atoms with Gasteiger partial charge in [0.15, 0.2) is 0 Å². The van der Waals surface area contributed by atoms with Gasteiger partial charge in [0.1, 0.15) is 5.75 Å². The molecule has 148 valence electrons. The van der Waals surface area contributed by atoms with E-state index in [2.05, 4.69) is 16.0 Å². The van der Waals surface area contributed by atoms with Crippen molar-refractivity contribution < 1.29 is 14.3 Å². The van der Waals surface area contributed by atoms with E-state index in [-0.39, 0.29) is 24.4 Å². The first-order valence-electron chi connectivity index (χ1n) is 9.73. The third-order valence-corrected chi connectivity index (χ3v) is 4.92. The fourth-order valence-electron chi connectivity index (χ4n) is 3.39. The summed E-state index contributed by atoms with van der Waals surface area (Å²) in [7, 11) is 1.59. The normalized spacial score (nSPS) is 14.2. The second kappa shape index (κ2) is 9.78. The average molecular weight is 381 g/mol. The Kier molecular flexibility index (Phi) is 6.89. The van der Waals surface area contributed by atoms with Gasteiger partial charge in [-0.15, -0.1) is 0 Å². The number of anilines is 2. The van der Waals surface area contributed by atoms with E-state index in [1.54, 1.807) is 31.4 Å². The summed E-state index contributed by atoms with van der Waals surface area (Å²) < 4.78 is 5.25. The topological polar surface area (TPSA) is 79.5 Å². The Morgan fingerprint density at radius 3 is 2.43 bits per heavy atom. The second-order valence-electron chi connectivity index (χ2n) is 6.99. The van der Waals surface area contributed by atoms with Crippen LogP contribution in [0.2, 0.25) is 0 Å². The molecule has 1 fully saturated rings. The fourth-order valence-corrected chi connectivity index (χ4v) is 3.39. The van der Waals surface area contributed by atoms with Crippen molar-refractivity contribution in [1.82, 2.24) is 5.32 Å². The van der Waals surface area contributed by atoms with Crippen LogP contribution >= 0.6 is 0 Å². The number of rotatable bonds is 7. The maximum Gasteiger partial charge on any atom is 0.251 e. The van der Waals surface area contributed by atoms with Crippen molar-refractivity contribution in [3.05, 3.63) is 54.1 Å². The highest BCUT2D eigenvalue weighted by molar-refractivity contribution is 5.96. The summed E-state index contributed by atoms with van der Waals surface area (Å²) in [5, 5.41) is 8.98. The molecular weight excluding hydrogens is 354 g/mol. The van der Waals surface area contributed by atoms with Gasteiger partial charge in [0.25, 0.3) is 5.91 Å². The van der Waals surface area contributed by atoms with Crippen LogP contribution in [0.3, 0.4) is 0 Å². The molecule has 6 heteroatoms. The fraction of sp³-hybridized carbons (Fsp3) is 0.364. The molecule has 0 atom stereocenters. The predicted octanol–water partition coefficient (Wildman–Crippen LogP) is 3.81. The predicted molar refractivity (Wildman–Crippen MR) is 111 cm³/mol. The maximum absolute atomic E-state index is 12.3. The van der Waals surface area contributed by atoms with Crippen LogP contribution in [-0.2, 0) is 4.79 Å². The van der Waals surface area contributed by atoms with Gasteiger partial charge in [0.2, 0.25) is 5.91 Å². The summed E-state index contributed by atoms with van der Waals surface area (Å²) in [6.45, 7) is 0.115. The third-order valence-electron chi connectivity index (χ3n) is 4.92. The molecule has 0 unspecified atom stereocenters. The molecule has 0 heterocycles. The molecule has 3 N–H and O–H groups in total. The molecule has 28 heavy (non-hydrogen) atoms. The van der Waals surface area contributed by atoms with Crippen molar-refractivity contribution in [3.8, 4) is 5.75 Å². The molecule has 1 aliphatic rings. The van der Waals surface area contributed by atoms with Crippen LogP contribution in [-0.4, -0.2) is 31.5 Å². The van der Waals surface area contributed by atoms with Crippen LogP contribution < -0.4 is 20.7 Å². The lowest BCUT2D eigenvalue weighted by molar-refractivity contribution is -0.114. The Balaban J connectivity index is 1.49. The third kappa shape index (κ3) is 5.49. The van der Waals surface area contributed by atoms with Crippen LogP contribution in [0.1, 0.15) is 42.5 Å². The molecule has 0 aliphatic heterocycles. The smallest absolute Gasteiger partial charge is 0.251 e. The first-order chi connectivity index (χ1) is 13.7. The molecular formula is C22H27N3O3. The van der Waals surface area contributed by atoms with Gasteiger partial charge in [0.05, 0.1) is 19.3 Å². The van der Waals surface area contributed by atoms with E-state index >= 15 is 0 Å². The number of hydrogen-bond acceptors (Lipinski definition) is 4. The quantitative estimate of drug-likeness (QED) is 0.681. The summed E-state index contributed by atoms with van der Waals surface area (Å²) in [5.74, 6) is 0.455. The molecule has 0 spiro atoms. The average Bonchev–Trinajstić information content (AvgIpc) is 2.73. The SMILES string of the molecule is COc1ccccc1NCC(=O)Nc1ccc(C(=O)NC2CCCCC2)cc1. The van der Waals surface area contributed by atoms with Crippen molar-refractivity contribution >= 4 is 23.2 Å². The Morgan fingerprint density at radius 2 is 1.71 bits per heavy atom. The summed E-state index contributed by atoms with van der Waals surface area (Å²) in [6, 6.07) is 14.7. The summed E-state index contributed by atoms with van der Waals surface area (Å²) in [6.07, 6.45) is 5.72. The number of benzene rings is 2.